The Kier molecular flexibility index (Phi) is 3.59. The van der Waals surface area contributed by atoms with E-state index in [1.54, 1.807) is 12.1 Å². The number of carbonyl (C=O) groups is 1. The average Bonchev–Trinajstić information content (AvgIpc) is 2.79. The summed E-state index contributed by atoms with van der Waals surface area (Å²) in [5, 5.41) is 5.60. The molecular weight excluding hydrogens is 242 g/mol. The number of Topliss-reactive ketones (excluding diaryl/α,β-unsaturated/α-hetero) is 1. The number of halogens is 1. The van der Waals surface area contributed by atoms with E-state index in [1.807, 2.05) is 29.6 Å². The first-order valence-electron chi connectivity index (χ1n) is 4.82. The van der Waals surface area contributed by atoms with Gasteiger partial charge in [0.2, 0.25) is 0 Å². The highest BCUT2D eigenvalue weighted by Gasteiger charge is 2.05. The highest BCUT2D eigenvalue weighted by molar-refractivity contribution is 7.12. The number of hydrogen-bond acceptors (Lipinski definition) is 3. The minimum atomic E-state index is 0.0926. The Morgan fingerprint density at radius 2 is 2.19 bits per heavy atom. The zero-order valence-electron chi connectivity index (χ0n) is 8.44. The third-order valence-electron chi connectivity index (χ3n) is 2.07. The molecule has 82 valence electrons. The van der Waals surface area contributed by atoms with Gasteiger partial charge in [-0.2, -0.15) is 0 Å². The number of benzene rings is 1. The first kappa shape index (κ1) is 11.2. The number of thiophene rings is 1. The smallest absolute Gasteiger partial charge is 0.191 e. The number of nitrogens with one attached hydrogen (secondary N) is 1. The summed E-state index contributed by atoms with van der Waals surface area (Å²) in [5.41, 5.74) is 0.859. The van der Waals surface area contributed by atoms with Crippen LogP contribution >= 0.6 is 22.9 Å². The van der Waals surface area contributed by atoms with Gasteiger partial charge in [0.15, 0.2) is 5.78 Å². The Morgan fingerprint density at radius 3 is 2.88 bits per heavy atom. The van der Waals surface area contributed by atoms with Crippen molar-refractivity contribution in [2.75, 3.05) is 11.9 Å². The summed E-state index contributed by atoms with van der Waals surface area (Å²) in [6.45, 7) is 0.293. The first-order valence-corrected chi connectivity index (χ1v) is 6.07. The van der Waals surface area contributed by atoms with Crippen LogP contribution in [0.4, 0.5) is 5.69 Å². The van der Waals surface area contributed by atoms with Crippen LogP contribution < -0.4 is 5.32 Å². The molecule has 0 amide bonds. The molecule has 0 saturated carbocycles. The summed E-state index contributed by atoms with van der Waals surface area (Å²) >= 11 is 7.29. The van der Waals surface area contributed by atoms with E-state index in [4.69, 9.17) is 11.6 Å². The van der Waals surface area contributed by atoms with Gasteiger partial charge in [0.1, 0.15) is 0 Å². The Hall–Kier alpha value is -1.32. The summed E-state index contributed by atoms with van der Waals surface area (Å²) in [7, 11) is 0. The number of carbonyl (C=O) groups excluding carboxylic acids is 1. The second-order valence-electron chi connectivity index (χ2n) is 3.26. The maximum Gasteiger partial charge on any atom is 0.191 e. The van der Waals surface area contributed by atoms with Crippen LogP contribution in [-0.2, 0) is 0 Å². The van der Waals surface area contributed by atoms with Crippen LogP contribution in [0.15, 0.2) is 41.8 Å². The van der Waals surface area contributed by atoms with E-state index in [9.17, 15) is 4.79 Å². The Labute approximate surface area is 103 Å². The van der Waals surface area contributed by atoms with E-state index in [-0.39, 0.29) is 5.78 Å². The van der Waals surface area contributed by atoms with Gasteiger partial charge in [-0.3, -0.25) is 4.79 Å². The SMILES string of the molecule is O=C(CNc1cccc(Cl)c1)c1cccs1. The van der Waals surface area contributed by atoms with E-state index < -0.39 is 0 Å². The fourth-order valence-electron chi connectivity index (χ4n) is 1.31. The van der Waals surface area contributed by atoms with Crippen LogP contribution in [0.25, 0.3) is 0 Å². The maximum atomic E-state index is 11.7. The molecule has 0 saturated heterocycles. The molecule has 2 nitrogen and oxygen atoms in total. The van der Waals surface area contributed by atoms with Gasteiger partial charge in [0.25, 0.3) is 0 Å². The Balaban J connectivity index is 1.95. The van der Waals surface area contributed by atoms with Crippen LogP contribution in [0.3, 0.4) is 0 Å². The van der Waals surface area contributed by atoms with Gasteiger partial charge in [-0.1, -0.05) is 23.7 Å². The molecule has 1 N–H and O–H groups in total. The van der Waals surface area contributed by atoms with Crippen LogP contribution in [0, 0.1) is 0 Å². The second kappa shape index (κ2) is 5.14. The van der Waals surface area contributed by atoms with Crippen molar-refractivity contribution >= 4 is 34.4 Å². The van der Waals surface area contributed by atoms with Gasteiger partial charge in [0, 0.05) is 10.7 Å². The van der Waals surface area contributed by atoms with E-state index in [0.29, 0.717) is 11.6 Å². The molecule has 0 atom stereocenters. The lowest BCUT2D eigenvalue weighted by molar-refractivity contribution is 0.101. The summed E-state index contributed by atoms with van der Waals surface area (Å²) in [6.07, 6.45) is 0. The van der Waals surface area contributed by atoms with Crippen LogP contribution in [-0.4, -0.2) is 12.3 Å². The zero-order valence-corrected chi connectivity index (χ0v) is 10.0. The average molecular weight is 252 g/mol. The Bertz CT molecular complexity index is 482. The van der Waals surface area contributed by atoms with Crippen molar-refractivity contribution in [1.29, 1.82) is 0 Å². The van der Waals surface area contributed by atoms with Gasteiger partial charge >= 0.3 is 0 Å². The van der Waals surface area contributed by atoms with Crippen molar-refractivity contribution in [3.8, 4) is 0 Å². The molecule has 0 aliphatic heterocycles. The molecule has 1 aromatic carbocycles. The normalized spacial score (nSPS) is 10.1. The molecule has 2 aromatic rings. The second-order valence-corrected chi connectivity index (χ2v) is 4.65. The number of ketones is 1. The number of hydrogen-bond donors (Lipinski definition) is 1. The molecule has 4 heteroatoms. The number of rotatable bonds is 4. The molecule has 0 bridgehead atoms. The van der Waals surface area contributed by atoms with Crippen molar-refractivity contribution in [2.24, 2.45) is 0 Å². The van der Waals surface area contributed by atoms with Crippen molar-refractivity contribution in [3.63, 3.8) is 0 Å². The standard InChI is InChI=1S/C12H10ClNOS/c13-9-3-1-4-10(7-9)14-8-11(15)12-5-2-6-16-12/h1-7,14H,8H2. The maximum absolute atomic E-state index is 11.7. The highest BCUT2D eigenvalue weighted by Crippen LogP contribution is 2.15. The predicted octanol–water partition coefficient (Wildman–Crippen LogP) is 3.70. The molecule has 16 heavy (non-hydrogen) atoms. The molecule has 0 fully saturated rings. The fourth-order valence-corrected chi connectivity index (χ4v) is 2.16. The van der Waals surface area contributed by atoms with Gasteiger partial charge < -0.3 is 5.32 Å². The zero-order chi connectivity index (χ0) is 11.4. The monoisotopic (exact) mass is 251 g/mol. The minimum absolute atomic E-state index is 0.0926. The molecule has 1 aromatic heterocycles. The van der Waals surface area contributed by atoms with Crippen LogP contribution in [0.5, 0.6) is 0 Å². The molecule has 2 rings (SSSR count). The topological polar surface area (TPSA) is 29.1 Å². The van der Waals surface area contributed by atoms with Crippen LogP contribution in [0.1, 0.15) is 9.67 Å². The lowest BCUT2D eigenvalue weighted by Gasteiger charge is -2.04. The third-order valence-corrected chi connectivity index (χ3v) is 3.22. The lowest BCUT2D eigenvalue weighted by atomic mass is 10.3. The van der Waals surface area contributed by atoms with Crippen LogP contribution in [0.2, 0.25) is 5.02 Å². The fraction of sp³-hybridized carbons (Fsp3) is 0.0833. The third kappa shape index (κ3) is 2.84. The molecule has 1 heterocycles. The van der Waals surface area contributed by atoms with E-state index in [2.05, 4.69) is 5.32 Å². The summed E-state index contributed by atoms with van der Waals surface area (Å²) in [6, 6.07) is 11.0. The van der Waals surface area contributed by atoms with Crippen molar-refractivity contribution < 1.29 is 4.79 Å². The predicted molar refractivity (Wildman–Crippen MR) is 68.6 cm³/mol. The molecule has 0 unspecified atom stereocenters. The molecule has 0 aliphatic rings. The van der Waals surface area contributed by atoms with Crippen molar-refractivity contribution in [1.82, 2.24) is 0 Å². The van der Waals surface area contributed by atoms with Crippen molar-refractivity contribution in [3.05, 3.63) is 51.7 Å². The van der Waals surface area contributed by atoms with E-state index >= 15 is 0 Å². The largest absolute Gasteiger partial charge is 0.378 e. The van der Waals surface area contributed by atoms with Gasteiger partial charge in [-0.05, 0) is 29.6 Å². The summed E-state index contributed by atoms with van der Waals surface area (Å²) in [5.74, 6) is 0.0926. The van der Waals surface area contributed by atoms with Gasteiger partial charge in [0.05, 0.1) is 11.4 Å². The van der Waals surface area contributed by atoms with E-state index in [0.717, 1.165) is 10.6 Å². The van der Waals surface area contributed by atoms with E-state index in [1.165, 1.54) is 11.3 Å². The molecule has 0 radical (unpaired) electrons. The minimum Gasteiger partial charge on any atom is -0.378 e. The lowest BCUT2D eigenvalue weighted by Crippen LogP contribution is -2.12. The summed E-state index contributed by atoms with van der Waals surface area (Å²) < 4.78 is 0. The number of anilines is 1. The summed E-state index contributed by atoms with van der Waals surface area (Å²) in [4.78, 5) is 12.5. The van der Waals surface area contributed by atoms with Crippen molar-refractivity contribution in [2.45, 2.75) is 0 Å². The van der Waals surface area contributed by atoms with Gasteiger partial charge in [-0.15, -0.1) is 11.3 Å². The van der Waals surface area contributed by atoms with Gasteiger partial charge in [-0.25, -0.2) is 0 Å². The Morgan fingerprint density at radius 1 is 1.31 bits per heavy atom. The first-order chi connectivity index (χ1) is 7.75. The molecule has 0 spiro atoms. The molecular formula is C12H10ClNOS. The highest BCUT2D eigenvalue weighted by atomic mass is 35.5. The molecule has 0 aliphatic carbocycles. The quantitative estimate of drug-likeness (QED) is 0.840.